The summed E-state index contributed by atoms with van der Waals surface area (Å²) in [5.74, 6) is -5.53. The number of carboxylic acid groups (broad SMARTS) is 3. The number of hydrogen-bond donors (Lipinski definition) is 4. The highest BCUT2D eigenvalue weighted by atomic mass is 16.6. The Morgan fingerprint density at radius 2 is 0.638 bits per heavy atom. The smallest absolute Gasteiger partial charge is 0.336 e. The zero-order chi connectivity index (χ0) is 46.2. The molecule has 58 heavy (non-hydrogen) atoms. The number of hydrogen-bond acceptors (Lipinski definition) is 13. The van der Waals surface area contributed by atoms with E-state index in [1.807, 2.05) is 0 Å². The molecule has 3 heterocycles. The van der Waals surface area contributed by atoms with Crippen LogP contribution < -0.4 is 0 Å². The molecule has 0 aromatic carbocycles. The molecule has 0 aromatic rings. The van der Waals surface area contributed by atoms with Gasteiger partial charge in [0.1, 0.15) is 18.3 Å². The van der Waals surface area contributed by atoms with Crippen molar-refractivity contribution in [3.63, 3.8) is 0 Å². The number of carboxylic acids is 3. The topological polar surface area (TPSA) is 221 Å². The molecule has 338 valence electrons. The van der Waals surface area contributed by atoms with Crippen molar-refractivity contribution in [2.24, 2.45) is 0 Å². The SMILES string of the molecule is CC(=O)OC1CC(C)(C)N(C)C(C)(C)C1.CC(=O)OC1CC(C)(C)N(C)C(C)(C)C1.CC(=O)OC1CC(C)(C)N(C)C(C)(C)C1.O=C(O)CC(O)(CC(=O)O)C(=O)O. The molecule has 0 unspecified atom stereocenters. The van der Waals surface area contributed by atoms with Gasteiger partial charge in [-0.2, -0.15) is 0 Å². The summed E-state index contributed by atoms with van der Waals surface area (Å²) in [6, 6.07) is 0. The number of nitrogens with zero attached hydrogens (tertiary/aromatic N) is 3. The van der Waals surface area contributed by atoms with Crippen molar-refractivity contribution >= 4 is 35.8 Å². The van der Waals surface area contributed by atoms with E-state index in [9.17, 15) is 28.8 Å². The maximum absolute atomic E-state index is 11.0. The Balaban J connectivity index is 0.000000749. The van der Waals surface area contributed by atoms with Crippen molar-refractivity contribution in [1.29, 1.82) is 0 Å². The van der Waals surface area contributed by atoms with Crippen LogP contribution in [-0.2, 0) is 43.0 Å². The lowest BCUT2D eigenvalue weighted by atomic mass is 9.79. The lowest BCUT2D eigenvalue weighted by Crippen LogP contribution is -2.60. The molecule has 3 saturated heterocycles. The minimum atomic E-state index is -2.74. The summed E-state index contributed by atoms with van der Waals surface area (Å²) in [6.07, 6.45) is 3.34. The van der Waals surface area contributed by atoms with Crippen LogP contribution in [0.4, 0.5) is 0 Å². The predicted molar refractivity (Wildman–Crippen MR) is 219 cm³/mol. The molecule has 0 radical (unpaired) electrons. The van der Waals surface area contributed by atoms with Gasteiger partial charge in [0, 0.05) is 92.5 Å². The third kappa shape index (κ3) is 17.1. The fourth-order valence-electron chi connectivity index (χ4n) is 8.51. The second-order valence-corrected chi connectivity index (χ2v) is 19.9. The van der Waals surface area contributed by atoms with E-state index in [0.717, 1.165) is 38.5 Å². The van der Waals surface area contributed by atoms with Gasteiger partial charge in [-0.05, 0) is 104 Å². The van der Waals surface area contributed by atoms with Crippen LogP contribution in [0.2, 0.25) is 0 Å². The van der Waals surface area contributed by atoms with Gasteiger partial charge in [-0.3, -0.25) is 38.7 Å². The normalized spacial score (nSPS) is 22.8. The van der Waals surface area contributed by atoms with Gasteiger partial charge in [-0.25, -0.2) is 4.79 Å². The number of piperidine rings is 3. The zero-order valence-corrected chi connectivity index (χ0v) is 38.7. The van der Waals surface area contributed by atoms with Gasteiger partial charge in [0.15, 0.2) is 5.60 Å². The van der Waals surface area contributed by atoms with Crippen LogP contribution in [0.3, 0.4) is 0 Å². The average molecular weight is 832 g/mol. The van der Waals surface area contributed by atoms with Gasteiger partial charge in [0.05, 0.1) is 12.8 Å². The number of rotatable bonds is 8. The van der Waals surface area contributed by atoms with Gasteiger partial charge in [0.2, 0.25) is 0 Å². The van der Waals surface area contributed by atoms with Crippen molar-refractivity contribution in [2.45, 2.75) is 212 Å². The molecular formula is C42H77N3O13. The molecule has 0 atom stereocenters. The summed E-state index contributed by atoms with van der Waals surface area (Å²) < 4.78 is 16.0. The summed E-state index contributed by atoms with van der Waals surface area (Å²) >= 11 is 0. The van der Waals surface area contributed by atoms with E-state index >= 15 is 0 Å². The molecule has 4 N–H and O–H groups in total. The minimum Gasteiger partial charge on any atom is -0.481 e. The van der Waals surface area contributed by atoms with Gasteiger partial charge in [-0.1, -0.05) is 0 Å². The second-order valence-electron chi connectivity index (χ2n) is 19.9. The highest BCUT2D eigenvalue weighted by Crippen LogP contribution is 2.40. The zero-order valence-electron chi connectivity index (χ0n) is 38.7. The molecular weight excluding hydrogens is 754 g/mol. The van der Waals surface area contributed by atoms with Crippen LogP contribution in [-0.4, -0.2) is 149 Å². The summed E-state index contributed by atoms with van der Waals surface area (Å²) in [7, 11) is 6.43. The standard InChI is InChI=1S/3C12H23NO2.C6H8O7/c3*1-9(14)15-10-7-11(2,3)13(6)12(4,5)8-10;7-3(8)1-6(13,5(11)12)2-4(9)10/h3*10H,7-8H2,1-6H3;13H,1-2H2,(H,7,8)(H,9,10)(H,11,12). The number of carbonyl (C=O) groups is 6. The summed E-state index contributed by atoms with van der Waals surface area (Å²) in [5.41, 5.74) is -2.23. The molecule has 0 saturated carbocycles. The van der Waals surface area contributed by atoms with Crippen molar-refractivity contribution in [3.8, 4) is 0 Å². The van der Waals surface area contributed by atoms with Crippen LogP contribution >= 0.6 is 0 Å². The van der Waals surface area contributed by atoms with E-state index in [1.54, 1.807) is 0 Å². The van der Waals surface area contributed by atoms with E-state index in [1.165, 1.54) is 20.8 Å². The van der Waals surface area contributed by atoms with Gasteiger partial charge in [-0.15, -0.1) is 0 Å². The largest absolute Gasteiger partial charge is 0.481 e. The van der Waals surface area contributed by atoms with Crippen LogP contribution in [0.25, 0.3) is 0 Å². The monoisotopic (exact) mass is 832 g/mol. The van der Waals surface area contributed by atoms with Crippen molar-refractivity contribution < 1.29 is 63.4 Å². The Morgan fingerprint density at radius 3 is 0.759 bits per heavy atom. The lowest BCUT2D eigenvalue weighted by molar-refractivity contribution is -0.170. The molecule has 3 aliphatic rings. The first-order valence-electron chi connectivity index (χ1n) is 19.9. The van der Waals surface area contributed by atoms with Crippen molar-refractivity contribution in [2.75, 3.05) is 21.1 Å². The van der Waals surface area contributed by atoms with E-state index < -0.39 is 36.4 Å². The second kappa shape index (κ2) is 20.3. The van der Waals surface area contributed by atoms with Crippen LogP contribution in [0, 0.1) is 0 Å². The molecule has 0 aliphatic carbocycles. The number of esters is 3. The Hall–Kier alpha value is -3.34. The Kier molecular flexibility index (Phi) is 19.1. The number of aliphatic hydroxyl groups is 1. The Morgan fingerprint density at radius 1 is 0.466 bits per heavy atom. The number of likely N-dealkylation sites (tertiary alicyclic amines) is 3. The molecule has 16 heteroatoms. The third-order valence-corrected chi connectivity index (χ3v) is 12.1. The quantitative estimate of drug-likeness (QED) is 0.179. The fraction of sp³-hybridized carbons (Fsp3) is 0.857. The molecule has 0 amide bonds. The highest BCUT2D eigenvalue weighted by Gasteiger charge is 2.46. The number of carbonyl (C=O) groups excluding carboxylic acids is 3. The van der Waals surface area contributed by atoms with E-state index in [0.29, 0.717) is 0 Å². The first-order chi connectivity index (χ1) is 25.7. The van der Waals surface area contributed by atoms with E-state index in [2.05, 4.69) is 119 Å². The maximum Gasteiger partial charge on any atom is 0.336 e. The first-order valence-corrected chi connectivity index (χ1v) is 19.9. The Labute approximate surface area is 346 Å². The van der Waals surface area contributed by atoms with Crippen molar-refractivity contribution in [3.05, 3.63) is 0 Å². The van der Waals surface area contributed by atoms with Crippen LogP contribution in [0.5, 0.6) is 0 Å². The summed E-state index contributed by atoms with van der Waals surface area (Å²) in [6.45, 7) is 30.8. The van der Waals surface area contributed by atoms with Crippen LogP contribution in [0.1, 0.15) is 155 Å². The molecule has 0 aromatic heterocycles. The molecule has 3 rings (SSSR count). The predicted octanol–water partition coefficient (Wildman–Crippen LogP) is 5.35. The highest BCUT2D eigenvalue weighted by molar-refractivity contribution is 5.88. The van der Waals surface area contributed by atoms with E-state index in [4.69, 9.17) is 34.6 Å². The number of aliphatic carboxylic acids is 3. The molecule has 3 fully saturated rings. The molecule has 16 nitrogen and oxygen atoms in total. The van der Waals surface area contributed by atoms with Crippen molar-refractivity contribution in [1.82, 2.24) is 14.7 Å². The van der Waals surface area contributed by atoms with E-state index in [-0.39, 0.29) is 69.5 Å². The average Bonchev–Trinajstić information content (AvgIpc) is 2.95. The minimum absolute atomic E-state index is 0.0590. The molecule has 0 spiro atoms. The number of ether oxygens (including phenoxy) is 3. The Bertz CT molecular complexity index is 1250. The third-order valence-electron chi connectivity index (χ3n) is 12.1. The maximum atomic E-state index is 11.0. The van der Waals surface area contributed by atoms with Crippen LogP contribution in [0.15, 0.2) is 0 Å². The molecule has 3 aliphatic heterocycles. The molecule has 0 bridgehead atoms. The van der Waals surface area contributed by atoms with Gasteiger partial charge in [0.25, 0.3) is 0 Å². The summed E-state index contributed by atoms with van der Waals surface area (Å²) in [4.78, 5) is 70.5. The van der Waals surface area contributed by atoms with Gasteiger partial charge < -0.3 is 34.6 Å². The lowest BCUT2D eigenvalue weighted by Gasteiger charge is -2.53. The first kappa shape index (κ1) is 54.7. The summed E-state index contributed by atoms with van der Waals surface area (Å²) in [5, 5.41) is 33.8. The fourth-order valence-corrected chi connectivity index (χ4v) is 8.51. The van der Waals surface area contributed by atoms with Gasteiger partial charge >= 0.3 is 35.8 Å².